The molecule has 0 fully saturated rings. The van der Waals surface area contributed by atoms with Gasteiger partial charge in [0.2, 0.25) is 0 Å². The fourth-order valence-corrected chi connectivity index (χ4v) is 4.85. The molecule has 0 aliphatic carbocycles. The number of aromatic nitrogens is 2. The van der Waals surface area contributed by atoms with E-state index in [1.807, 2.05) is 65.8 Å². The number of nitrogens with one attached hydrogen (secondary N) is 1. The Morgan fingerprint density at radius 2 is 1.85 bits per heavy atom. The van der Waals surface area contributed by atoms with E-state index in [9.17, 15) is 9.00 Å². The Kier molecular flexibility index (Phi) is 5.95. The van der Waals surface area contributed by atoms with Gasteiger partial charge >= 0.3 is 0 Å². The first-order valence-corrected chi connectivity index (χ1v) is 13.3. The standard InChI is InChI=1S/C25H23N3O3S2/c1-32-20-7-3-16(4-8-20)24(29)28-11-12-31-23-10-6-17(13-19(23)15-28)18-5-9-21-22(14-18)27-25(26-21)33(2)30/h3-10,13-14H,11-12,15H2,1-2H3,(H,26,27). The molecule has 2 heterocycles. The van der Waals surface area contributed by atoms with Crippen molar-refractivity contribution in [2.24, 2.45) is 0 Å². The first-order valence-electron chi connectivity index (χ1n) is 10.5. The normalized spacial score (nSPS) is 14.4. The van der Waals surface area contributed by atoms with Gasteiger partial charge in [-0.3, -0.25) is 9.00 Å². The van der Waals surface area contributed by atoms with Crippen LogP contribution in [-0.2, 0) is 17.3 Å². The zero-order valence-electron chi connectivity index (χ0n) is 18.3. The van der Waals surface area contributed by atoms with Gasteiger partial charge in [0, 0.05) is 28.8 Å². The lowest BCUT2D eigenvalue weighted by atomic mass is 10.0. The van der Waals surface area contributed by atoms with Gasteiger partial charge in [0.05, 0.1) is 28.4 Å². The maximum absolute atomic E-state index is 13.1. The highest BCUT2D eigenvalue weighted by Gasteiger charge is 2.21. The van der Waals surface area contributed by atoms with Crippen LogP contribution < -0.4 is 4.74 Å². The molecule has 1 amide bonds. The number of ether oxygens (including phenoxy) is 1. The average Bonchev–Trinajstić information content (AvgIpc) is 3.16. The molecule has 1 aliphatic heterocycles. The molecule has 5 rings (SSSR count). The zero-order chi connectivity index (χ0) is 22.9. The van der Waals surface area contributed by atoms with E-state index in [4.69, 9.17) is 4.74 Å². The molecule has 0 bridgehead atoms. The van der Waals surface area contributed by atoms with E-state index in [0.29, 0.717) is 30.4 Å². The highest BCUT2D eigenvalue weighted by molar-refractivity contribution is 7.98. The first-order chi connectivity index (χ1) is 16.0. The summed E-state index contributed by atoms with van der Waals surface area (Å²) < 4.78 is 17.7. The molecule has 8 heteroatoms. The lowest BCUT2D eigenvalue weighted by Crippen LogP contribution is -2.32. The molecule has 1 unspecified atom stereocenters. The van der Waals surface area contributed by atoms with Crippen molar-refractivity contribution in [2.75, 3.05) is 25.7 Å². The summed E-state index contributed by atoms with van der Waals surface area (Å²) in [5, 5.41) is 0.470. The zero-order valence-corrected chi connectivity index (χ0v) is 20.0. The fraction of sp³-hybridized carbons (Fsp3) is 0.200. The van der Waals surface area contributed by atoms with E-state index in [1.54, 1.807) is 18.0 Å². The van der Waals surface area contributed by atoms with Crippen molar-refractivity contribution < 1.29 is 13.7 Å². The van der Waals surface area contributed by atoms with Gasteiger partial charge in [0.25, 0.3) is 5.91 Å². The molecule has 1 atom stereocenters. The van der Waals surface area contributed by atoms with Gasteiger partial charge in [-0.25, -0.2) is 4.98 Å². The molecule has 0 spiro atoms. The maximum Gasteiger partial charge on any atom is 0.254 e. The Bertz CT molecular complexity index is 1370. The third kappa shape index (κ3) is 4.41. The number of carbonyl (C=O) groups excluding carboxylic acids is 1. The molecule has 4 aromatic rings. The van der Waals surface area contributed by atoms with Crippen LogP contribution >= 0.6 is 11.8 Å². The van der Waals surface area contributed by atoms with Crippen LogP contribution in [0.1, 0.15) is 15.9 Å². The van der Waals surface area contributed by atoms with Crippen LogP contribution in [-0.4, -0.2) is 50.6 Å². The van der Waals surface area contributed by atoms with Crippen molar-refractivity contribution in [3.8, 4) is 16.9 Å². The van der Waals surface area contributed by atoms with E-state index < -0.39 is 10.8 Å². The van der Waals surface area contributed by atoms with Gasteiger partial charge in [-0.15, -0.1) is 11.8 Å². The van der Waals surface area contributed by atoms with Crippen LogP contribution in [0.4, 0.5) is 0 Å². The van der Waals surface area contributed by atoms with Crippen LogP contribution in [0.2, 0.25) is 0 Å². The highest BCUT2D eigenvalue weighted by atomic mass is 32.2. The van der Waals surface area contributed by atoms with Gasteiger partial charge in [0.1, 0.15) is 12.4 Å². The minimum Gasteiger partial charge on any atom is -0.491 e. The number of imidazole rings is 1. The summed E-state index contributed by atoms with van der Waals surface area (Å²) >= 11 is 1.66. The van der Waals surface area contributed by atoms with Gasteiger partial charge in [0.15, 0.2) is 5.16 Å². The topological polar surface area (TPSA) is 75.3 Å². The molecule has 0 saturated carbocycles. The molecular weight excluding hydrogens is 454 g/mol. The average molecular weight is 478 g/mol. The van der Waals surface area contributed by atoms with E-state index >= 15 is 0 Å². The fourth-order valence-electron chi connectivity index (χ4n) is 3.97. The highest BCUT2D eigenvalue weighted by Crippen LogP contribution is 2.31. The maximum atomic E-state index is 13.1. The van der Waals surface area contributed by atoms with Crippen LogP contribution in [0, 0.1) is 0 Å². The minimum atomic E-state index is -1.16. The second kappa shape index (κ2) is 9.03. The van der Waals surface area contributed by atoms with E-state index in [2.05, 4.69) is 16.0 Å². The Labute approximate surface area is 198 Å². The predicted octanol–water partition coefficient (Wildman–Crippen LogP) is 4.72. The number of aromatic amines is 1. The molecule has 0 radical (unpaired) electrons. The Balaban J connectivity index is 1.44. The summed E-state index contributed by atoms with van der Waals surface area (Å²) in [4.78, 5) is 23.6. The second-order valence-electron chi connectivity index (χ2n) is 7.85. The van der Waals surface area contributed by atoms with E-state index in [-0.39, 0.29) is 5.91 Å². The van der Waals surface area contributed by atoms with Crippen molar-refractivity contribution >= 4 is 39.5 Å². The van der Waals surface area contributed by atoms with Crippen molar-refractivity contribution in [1.29, 1.82) is 0 Å². The monoisotopic (exact) mass is 477 g/mol. The van der Waals surface area contributed by atoms with Crippen LogP contribution in [0.25, 0.3) is 22.2 Å². The van der Waals surface area contributed by atoms with Gasteiger partial charge in [-0.05, 0) is 65.9 Å². The number of H-pyrrole nitrogens is 1. The third-order valence-electron chi connectivity index (χ3n) is 5.73. The van der Waals surface area contributed by atoms with Crippen LogP contribution in [0.3, 0.4) is 0 Å². The summed E-state index contributed by atoms with van der Waals surface area (Å²) in [5.41, 5.74) is 5.31. The Hall–Kier alpha value is -3.10. The number of benzene rings is 3. The smallest absolute Gasteiger partial charge is 0.254 e. The van der Waals surface area contributed by atoms with E-state index in [0.717, 1.165) is 38.4 Å². The molecule has 33 heavy (non-hydrogen) atoms. The summed E-state index contributed by atoms with van der Waals surface area (Å²) in [6, 6.07) is 19.7. The van der Waals surface area contributed by atoms with Gasteiger partial charge in [-0.2, -0.15) is 0 Å². The van der Waals surface area contributed by atoms with Crippen molar-refractivity contribution in [3.05, 3.63) is 71.8 Å². The molecule has 168 valence electrons. The molecule has 6 nitrogen and oxygen atoms in total. The van der Waals surface area contributed by atoms with Crippen molar-refractivity contribution in [2.45, 2.75) is 16.6 Å². The summed E-state index contributed by atoms with van der Waals surface area (Å²) in [6.07, 6.45) is 3.63. The second-order valence-corrected chi connectivity index (χ2v) is 10.0. The Morgan fingerprint density at radius 3 is 2.61 bits per heavy atom. The lowest BCUT2D eigenvalue weighted by Gasteiger charge is -2.20. The number of carbonyl (C=O) groups is 1. The number of hydrogen-bond donors (Lipinski definition) is 1. The molecule has 0 saturated heterocycles. The van der Waals surface area contributed by atoms with Crippen LogP contribution in [0.5, 0.6) is 5.75 Å². The van der Waals surface area contributed by atoms with E-state index in [1.165, 1.54) is 0 Å². The third-order valence-corrected chi connectivity index (χ3v) is 7.21. The number of amides is 1. The lowest BCUT2D eigenvalue weighted by molar-refractivity contribution is 0.0733. The Morgan fingerprint density at radius 1 is 1.09 bits per heavy atom. The number of fused-ring (bicyclic) bond motifs is 2. The van der Waals surface area contributed by atoms with Crippen molar-refractivity contribution in [3.63, 3.8) is 0 Å². The summed E-state index contributed by atoms with van der Waals surface area (Å²) in [7, 11) is -1.16. The number of nitrogens with zero attached hydrogens (tertiary/aromatic N) is 2. The number of thioether (sulfide) groups is 1. The van der Waals surface area contributed by atoms with Gasteiger partial charge < -0.3 is 14.6 Å². The molecule has 1 N–H and O–H groups in total. The molecule has 1 aromatic heterocycles. The van der Waals surface area contributed by atoms with Gasteiger partial charge in [-0.1, -0.05) is 12.1 Å². The SMILES string of the molecule is CSc1ccc(C(=O)N2CCOc3ccc(-c4ccc5nc(S(C)=O)[nH]c5c4)cc3C2)cc1. The van der Waals surface area contributed by atoms with Crippen molar-refractivity contribution in [1.82, 2.24) is 14.9 Å². The molecular formula is C25H23N3O3S2. The quantitative estimate of drug-likeness (QED) is 0.430. The summed E-state index contributed by atoms with van der Waals surface area (Å²) in [6.45, 7) is 1.47. The summed E-state index contributed by atoms with van der Waals surface area (Å²) in [5.74, 6) is 0.807. The molecule has 1 aliphatic rings. The first kappa shape index (κ1) is 21.7. The van der Waals surface area contributed by atoms with Crippen LogP contribution in [0.15, 0.2) is 70.7 Å². The largest absolute Gasteiger partial charge is 0.491 e. The molecule has 3 aromatic carbocycles. The minimum absolute atomic E-state index is 0.00322. The number of hydrogen-bond acceptors (Lipinski definition) is 5. The number of rotatable bonds is 4. The predicted molar refractivity (Wildman–Crippen MR) is 132 cm³/mol.